The lowest BCUT2D eigenvalue weighted by Gasteiger charge is -2.58. The summed E-state index contributed by atoms with van der Waals surface area (Å²) in [5.74, 6) is 0.726. The summed E-state index contributed by atoms with van der Waals surface area (Å²) in [6.07, 6.45) is 4.54. The average molecular weight is 464 g/mol. The van der Waals surface area contributed by atoms with Gasteiger partial charge in [-0.1, -0.05) is 0 Å². The van der Waals surface area contributed by atoms with E-state index in [1.54, 1.807) is 39.3 Å². The molecular formula is C25H29N5O4. The summed E-state index contributed by atoms with van der Waals surface area (Å²) in [5, 5.41) is 9.20. The predicted molar refractivity (Wildman–Crippen MR) is 123 cm³/mol. The molecule has 4 saturated carbocycles. The van der Waals surface area contributed by atoms with Crippen LogP contribution < -0.4 is 11.4 Å². The minimum absolute atomic E-state index is 0.145. The van der Waals surface area contributed by atoms with E-state index in [1.165, 1.54) is 0 Å². The summed E-state index contributed by atoms with van der Waals surface area (Å²) in [6, 6.07) is 7.21. The Kier molecular flexibility index (Phi) is 4.60. The van der Waals surface area contributed by atoms with Gasteiger partial charge >= 0.3 is 11.8 Å². The number of amides is 2. The van der Waals surface area contributed by atoms with Gasteiger partial charge in [0.2, 0.25) is 5.91 Å². The molecule has 178 valence electrons. The van der Waals surface area contributed by atoms with Crippen molar-refractivity contribution in [1.82, 2.24) is 14.0 Å². The zero-order valence-electron chi connectivity index (χ0n) is 19.3. The molecular weight excluding hydrogens is 434 g/mol. The highest BCUT2D eigenvalue weighted by Gasteiger charge is 2.59. The van der Waals surface area contributed by atoms with Gasteiger partial charge in [0.25, 0.3) is 0 Å². The highest BCUT2D eigenvalue weighted by atomic mass is 16.6. The molecule has 0 spiro atoms. The number of nitriles is 1. The number of ether oxygens (including phenoxy) is 1. The van der Waals surface area contributed by atoms with E-state index in [4.69, 9.17) is 10.5 Å². The molecule has 2 amide bonds. The molecule has 0 radical (unpaired) electrons. The van der Waals surface area contributed by atoms with Crippen molar-refractivity contribution < 1.29 is 14.3 Å². The summed E-state index contributed by atoms with van der Waals surface area (Å²) in [5.41, 5.74) is 7.21. The second-order valence-corrected chi connectivity index (χ2v) is 10.9. The Balaban J connectivity index is 1.18. The number of carbonyl (C=O) groups is 2. The fourth-order valence-corrected chi connectivity index (χ4v) is 7.57. The molecule has 2 heterocycles. The lowest BCUT2D eigenvalue weighted by molar-refractivity contribution is -0.161. The SMILES string of the molecule is Cn1c(=O)n(C2CCN(C(=O)OC3C4CC5C[C@H]3CC(C(N)=O)(C5)C4)C2)c2ccc(C#N)cc21. The summed E-state index contributed by atoms with van der Waals surface area (Å²) < 4.78 is 9.37. The third kappa shape index (κ3) is 3.00. The topological polar surface area (TPSA) is 123 Å². The fraction of sp³-hybridized carbons (Fsp3) is 0.600. The zero-order chi connectivity index (χ0) is 23.8. The minimum atomic E-state index is -0.404. The Morgan fingerprint density at radius 2 is 1.91 bits per heavy atom. The van der Waals surface area contributed by atoms with Crippen molar-refractivity contribution in [2.45, 2.75) is 50.7 Å². The third-order valence-corrected chi connectivity index (χ3v) is 8.95. The smallest absolute Gasteiger partial charge is 0.410 e. The van der Waals surface area contributed by atoms with Gasteiger partial charge in [-0.2, -0.15) is 5.26 Å². The van der Waals surface area contributed by atoms with Gasteiger partial charge in [0.1, 0.15) is 6.10 Å². The minimum Gasteiger partial charge on any atom is -0.446 e. The number of nitrogens with zero attached hydrogens (tertiary/aromatic N) is 4. The van der Waals surface area contributed by atoms with E-state index in [0.717, 1.165) is 37.6 Å². The number of hydrogen-bond acceptors (Lipinski definition) is 5. The Morgan fingerprint density at radius 1 is 1.18 bits per heavy atom. The molecule has 9 heteroatoms. The fourth-order valence-electron chi connectivity index (χ4n) is 7.57. The average Bonchev–Trinajstić information content (AvgIpc) is 3.38. The predicted octanol–water partition coefficient (Wildman–Crippen LogP) is 2.28. The number of likely N-dealkylation sites (tertiary alicyclic amines) is 1. The van der Waals surface area contributed by atoms with Crippen LogP contribution in [0.1, 0.15) is 50.1 Å². The molecule has 1 aromatic carbocycles. The van der Waals surface area contributed by atoms with Crippen LogP contribution in [-0.4, -0.2) is 45.2 Å². The van der Waals surface area contributed by atoms with Gasteiger partial charge in [-0.25, -0.2) is 9.59 Å². The van der Waals surface area contributed by atoms with Gasteiger partial charge in [-0.05, 0) is 74.5 Å². The molecule has 5 fully saturated rings. The molecule has 5 unspecified atom stereocenters. The largest absolute Gasteiger partial charge is 0.446 e. The number of benzene rings is 1. The van der Waals surface area contributed by atoms with Gasteiger partial charge in [-0.3, -0.25) is 13.9 Å². The van der Waals surface area contributed by atoms with Crippen LogP contribution in [0.3, 0.4) is 0 Å². The number of imidazole rings is 1. The third-order valence-electron chi connectivity index (χ3n) is 8.95. The maximum atomic E-state index is 13.1. The highest BCUT2D eigenvalue weighted by Crippen LogP contribution is 2.60. The molecule has 5 aliphatic rings. The lowest BCUT2D eigenvalue weighted by atomic mass is 9.48. The van der Waals surface area contributed by atoms with E-state index < -0.39 is 5.41 Å². The Morgan fingerprint density at radius 3 is 2.59 bits per heavy atom. The Bertz CT molecular complexity index is 1290. The monoisotopic (exact) mass is 463 g/mol. The Hall–Kier alpha value is -3.28. The number of aryl methyl sites for hydroxylation is 1. The summed E-state index contributed by atoms with van der Waals surface area (Å²) in [6.45, 7) is 0.937. The molecule has 4 aliphatic carbocycles. The van der Waals surface area contributed by atoms with Crippen molar-refractivity contribution in [3.8, 4) is 6.07 Å². The number of nitrogens with two attached hydrogens (primary N) is 1. The van der Waals surface area contributed by atoms with Crippen LogP contribution in [-0.2, 0) is 16.6 Å². The van der Waals surface area contributed by atoms with E-state index in [9.17, 15) is 19.6 Å². The normalized spacial score (nSPS) is 33.9. The first-order valence-electron chi connectivity index (χ1n) is 12.2. The van der Waals surface area contributed by atoms with E-state index in [-0.39, 0.29) is 41.7 Å². The number of fused-ring (bicyclic) bond motifs is 1. The first-order chi connectivity index (χ1) is 16.3. The van der Waals surface area contributed by atoms with Crippen LogP contribution in [0, 0.1) is 34.5 Å². The highest BCUT2D eigenvalue weighted by molar-refractivity contribution is 5.81. The molecule has 4 bridgehead atoms. The van der Waals surface area contributed by atoms with Crippen molar-refractivity contribution >= 4 is 23.0 Å². The van der Waals surface area contributed by atoms with Crippen molar-refractivity contribution in [1.29, 1.82) is 5.26 Å². The molecule has 2 aromatic rings. The molecule has 7 rings (SSSR count). The molecule has 9 nitrogen and oxygen atoms in total. The van der Waals surface area contributed by atoms with Crippen LogP contribution in [0.2, 0.25) is 0 Å². The van der Waals surface area contributed by atoms with E-state index >= 15 is 0 Å². The van der Waals surface area contributed by atoms with Crippen LogP contribution in [0.15, 0.2) is 23.0 Å². The molecule has 1 aromatic heterocycles. The van der Waals surface area contributed by atoms with Crippen LogP contribution >= 0.6 is 0 Å². The van der Waals surface area contributed by atoms with E-state index in [1.807, 2.05) is 0 Å². The van der Waals surface area contributed by atoms with Crippen LogP contribution in [0.5, 0.6) is 0 Å². The molecule has 1 aliphatic heterocycles. The number of carbonyl (C=O) groups excluding carboxylic acids is 2. The van der Waals surface area contributed by atoms with E-state index in [2.05, 4.69) is 6.07 Å². The van der Waals surface area contributed by atoms with Crippen molar-refractivity contribution in [3.05, 3.63) is 34.2 Å². The molecule has 1 saturated heterocycles. The standard InChI is InChI=1S/C25H29N5O4/c1-28-20-8-14(12-26)2-3-19(20)30(23(28)32)18-4-5-29(13-18)24(33)34-21-16-6-15-7-17(21)11-25(9-15,10-16)22(27)31/h2-3,8,15-18,21H,4-7,9-11,13H2,1H3,(H2,27,31)/t15?,16-,17?,18?,21?,25?/m0/s1. The van der Waals surface area contributed by atoms with Gasteiger partial charge in [0, 0.05) is 20.1 Å². The van der Waals surface area contributed by atoms with E-state index in [0.29, 0.717) is 36.5 Å². The summed E-state index contributed by atoms with van der Waals surface area (Å²) in [4.78, 5) is 40.0. The second-order valence-electron chi connectivity index (χ2n) is 10.9. The molecule has 2 N–H and O–H groups in total. The first kappa shape index (κ1) is 21.3. The van der Waals surface area contributed by atoms with Gasteiger partial charge in [0.05, 0.1) is 34.1 Å². The van der Waals surface area contributed by atoms with Crippen LogP contribution in [0.25, 0.3) is 11.0 Å². The Labute approximate surface area is 197 Å². The van der Waals surface area contributed by atoms with Crippen LogP contribution in [0.4, 0.5) is 4.79 Å². The number of aromatic nitrogens is 2. The van der Waals surface area contributed by atoms with Crippen molar-refractivity contribution in [3.63, 3.8) is 0 Å². The maximum absolute atomic E-state index is 13.1. The first-order valence-corrected chi connectivity index (χ1v) is 12.2. The van der Waals surface area contributed by atoms with Crippen molar-refractivity contribution in [2.24, 2.45) is 36.0 Å². The number of hydrogen-bond donors (Lipinski definition) is 1. The summed E-state index contributed by atoms with van der Waals surface area (Å²) >= 11 is 0. The number of rotatable bonds is 3. The molecule has 34 heavy (non-hydrogen) atoms. The second kappa shape index (κ2) is 7.36. The quantitative estimate of drug-likeness (QED) is 0.748. The lowest BCUT2D eigenvalue weighted by Crippen LogP contribution is -2.59. The van der Waals surface area contributed by atoms with Gasteiger partial charge in [0.15, 0.2) is 0 Å². The maximum Gasteiger partial charge on any atom is 0.410 e. The zero-order valence-corrected chi connectivity index (χ0v) is 19.3. The number of primary amides is 1. The van der Waals surface area contributed by atoms with Gasteiger partial charge in [-0.15, -0.1) is 0 Å². The van der Waals surface area contributed by atoms with Gasteiger partial charge < -0.3 is 15.4 Å². The molecule has 6 atom stereocenters. The summed E-state index contributed by atoms with van der Waals surface area (Å²) in [7, 11) is 1.70. The van der Waals surface area contributed by atoms with Crippen molar-refractivity contribution in [2.75, 3.05) is 13.1 Å².